The van der Waals surface area contributed by atoms with Crippen LogP contribution in [0.25, 0.3) is 0 Å². The van der Waals surface area contributed by atoms with Crippen LogP contribution in [0.3, 0.4) is 0 Å². The summed E-state index contributed by atoms with van der Waals surface area (Å²) in [5.74, 6) is 0.678. The number of anilines is 1. The summed E-state index contributed by atoms with van der Waals surface area (Å²) in [6.07, 6.45) is 1.49. The molecule has 22 heavy (non-hydrogen) atoms. The van der Waals surface area contributed by atoms with E-state index in [1.54, 1.807) is 12.1 Å². The van der Waals surface area contributed by atoms with E-state index in [2.05, 4.69) is 10.3 Å². The van der Waals surface area contributed by atoms with Crippen molar-refractivity contribution in [2.75, 3.05) is 11.1 Å². The van der Waals surface area contributed by atoms with Crippen LogP contribution in [-0.4, -0.2) is 26.5 Å². The normalized spacial score (nSPS) is 10.9. The Morgan fingerprint density at radius 1 is 1.45 bits per heavy atom. The lowest BCUT2D eigenvalue weighted by molar-refractivity contribution is -0.113. The van der Waals surface area contributed by atoms with E-state index in [9.17, 15) is 14.4 Å². The van der Waals surface area contributed by atoms with Gasteiger partial charge in [0.15, 0.2) is 0 Å². The first-order valence-corrected chi connectivity index (χ1v) is 7.78. The van der Waals surface area contributed by atoms with Gasteiger partial charge >= 0.3 is 5.69 Å². The van der Waals surface area contributed by atoms with Gasteiger partial charge in [-0.25, -0.2) is 4.79 Å². The number of nitrogens with one attached hydrogen (secondary N) is 2. The molecule has 2 aromatic rings. The molecule has 0 radical (unpaired) electrons. The molecule has 0 fully saturated rings. The number of nitrogens with zero attached hydrogens (tertiary/aromatic N) is 1. The average Bonchev–Trinajstić information content (AvgIpc) is 2.93. The van der Waals surface area contributed by atoms with E-state index in [-0.39, 0.29) is 24.0 Å². The zero-order chi connectivity index (χ0) is 16.1. The summed E-state index contributed by atoms with van der Waals surface area (Å²) in [5, 5.41) is 2.92. The number of hydrogen-bond acceptors (Lipinski definition) is 5. The minimum absolute atomic E-state index is 0.121. The quantitative estimate of drug-likeness (QED) is 0.834. The summed E-state index contributed by atoms with van der Waals surface area (Å²) in [6, 6.07) is 4.59. The lowest BCUT2D eigenvalue weighted by atomic mass is 10.4. The largest absolute Gasteiger partial charge is 0.467 e. The Morgan fingerprint density at radius 2 is 2.23 bits per heavy atom. The molecular formula is C14H17N3O4S. The maximum atomic E-state index is 11.9. The van der Waals surface area contributed by atoms with Crippen LogP contribution in [0.15, 0.2) is 38.5 Å². The molecule has 0 aromatic carbocycles. The number of aromatic amines is 1. The van der Waals surface area contributed by atoms with Gasteiger partial charge in [-0.15, -0.1) is 11.8 Å². The molecule has 0 atom stereocenters. The molecule has 2 heterocycles. The van der Waals surface area contributed by atoms with Crippen LogP contribution in [0.5, 0.6) is 0 Å². The van der Waals surface area contributed by atoms with Gasteiger partial charge in [0.25, 0.3) is 5.56 Å². The molecule has 2 rings (SSSR count). The molecule has 118 valence electrons. The lowest BCUT2D eigenvalue weighted by Crippen LogP contribution is -2.33. The van der Waals surface area contributed by atoms with E-state index in [4.69, 9.17) is 4.42 Å². The third-order valence-corrected chi connectivity index (χ3v) is 3.84. The van der Waals surface area contributed by atoms with Gasteiger partial charge in [-0.05, 0) is 17.4 Å². The van der Waals surface area contributed by atoms with Crippen molar-refractivity contribution in [2.24, 2.45) is 0 Å². The van der Waals surface area contributed by atoms with E-state index in [0.29, 0.717) is 11.0 Å². The number of carbonyl (C=O) groups excluding carboxylic acids is 1. The van der Waals surface area contributed by atoms with Crippen molar-refractivity contribution in [1.82, 2.24) is 9.55 Å². The Labute approximate surface area is 130 Å². The first-order valence-electron chi connectivity index (χ1n) is 6.73. The predicted octanol–water partition coefficient (Wildman–Crippen LogP) is 1.26. The highest BCUT2D eigenvalue weighted by atomic mass is 32.2. The molecule has 8 heteroatoms. The molecule has 0 unspecified atom stereocenters. The van der Waals surface area contributed by atoms with Gasteiger partial charge in [-0.2, -0.15) is 0 Å². The average molecular weight is 323 g/mol. The highest BCUT2D eigenvalue weighted by Crippen LogP contribution is 2.11. The van der Waals surface area contributed by atoms with Gasteiger partial charge in [-0.1, -0.05) is 13.8 Å². The second-order valence-electron chi connectivity index (χ2n) is 4.90. The molecule has 0 spiro atoms. The van der Waals surface area contributed by atoms with Gasteiger partial charge < -0.3 is 9.73 Å². The standard InChI is InChI=1S/C14H17N3O4S/c1-9(2)22-8-13(19)15-11-6-12(18)16-14(20)17(11)7-10-4-3-5-21-10/h3-6,9H,7-8H2,1-2H3,(H,15,19)(H,16,18,20). The van der Waals surface area contributed by atoms with Gasteiger partial charge in [0.2, 0.25) is 5.91 Å². The summed E-state index contributed by atoms with van der Waals surface area (Å²) in [6.45, 7) is 4.09. The van der Waals surface area contributed by atoms with Crippen molar-refractivity contribution < 1.29 is 9.21 Å². The van der Waals surface area contributed by atoms with Gasteiger partial charge in [0, 0.05) is 6.07 Å². The number of thioether (sulfide) groups is 1. The number of carbonyl (C=O) groups is 1. The number of H-pyrrole nitrogens is 1. The number of amides is 1. The Morgan fingerprint density at radius 3 is 2.86 bits per heavy atom. The lowest BCUT2D eigenvalue weighted by Gasteiger charge is -2.12. The fourth-order valence-electron chi connectivity index (χ4n) is 1.76. The molecule has 0 aliphatic heterocycles. The summed E-state index contributed by atoms with van der Waals surface area (Å²) in [7, 11) is 0. The highest BCUT2D eigenvalue weighted by Gasteiger charge is 2.12. The minimum Gasteiger partial charge on any atom is -0.467 e. The maximum Gasteiger partial charge on any atom is 0.330 e. The molecule has 0 aliphatic carbocycles. The van der Waals surface area contributed by atoms with Crippen molar-refractivity contribution >= 4 is 23.5 Å². The fourth-order valence-corrected chi connectivity index (χ4v) is 2.32. The first-order chi connectivity index (χ1) is 10.5. The Hall–Kier alpha value is -2.22. The molecule has 0 bridgehead atoms. The van der Waals surface area contributed by atoms with E-state index >= 15 is 0 Å². The van der Waals surface area contributed by atoms with Crippen LogP contribution in [0, 0.1) is 0 Å². The summed E-state index contributed by atoms with van der Waals surface area (Å²) in [4.78, 5) is 37.5. The van der Waals surface area contributed by atoms with Crippen LogP contribution >= 0.6 is 11.8 Å². The van der Waals surface area contributed by atoms with Crippen molar-refractivity contribution in [2.45, 2.75) is 25.6 Å². The van der Waals surface area contributed by atoms with Crippen molar-refractivity contribution in [1.29, 1.82) is 0 Å². The summed E-state index contributed by atoms with van der Waals surface area (Å²) in [5.41, 5.74) is -1.16. The molecule has 0 saturated heterocycles. The molecule has 2 N–H and O–H groups in total. The summed E-state index contributed by atoms with van der Waals surface area (Å²) < 4.78 is 6.44. The van der Waals surface area contributed by atoms with Crippen molar-refractivity contribution in [3.63, 3.8) is 0 Å². The van der Waals surface area contributed by atoms with Crippen LogP contribution in [0.2, 0.25) is 0 Å². The SMILES string of the molecule is CC(C)SCC(=O)Nc1cc(=O)[nH]c(=O)n1Cc1ccco1. The number of aromatic nitrogens is 2. The summed E-state index contributed by atoms with van der Waals surface area (Å²) >= 11 is 1.47. The molecule has 0 aliphatic rings. The first kappa shape index (κ1) is 16.2. The zero-order valence-corrected chi connectivity index (χ0v) is 13.1. The Balaban J connectivity index is 2.23. The minimum atomic E-state index is -0.601. The van der Waals surface area contributed by atoms with Crippen molar-refractivity contribution in [3.8, 4) is 0 Å². The second-order valence-corrected chi connectivity index (χ2v) is 6.46. The number of hydrogen-bond donors (Lipinski definition) is 2. The number of furan rings is 1. The van der Waals surface area contributed by atoms with Crippen LogP contribution in [-0.2, 0) is 11.3 Å². The van der Waals surface area contributed by atoms with Crippen molar-refractivity contribution in [3.05, 3.63) is 51.1 Å². The topological polar surface area (TPSA) is 97.1 Å². The molecule has 7 nitrogen and oxygen atoms in total. The third kappa shape index (κ3) is 4.39. The van der Waals surface area contributed by atoms with E-state index in [0.717, 1.165) is 0 Å². The Bertz CT molecular complexity index is 746. The molecule has 0 saturated carbocycles. The van der Waals surface area contributed by atoms with Crippen LogP contribution in [0.4, 0.5) is 5.82 Å². The highest BCUT2D eigenvalue weighted by molar-refractivity contribution is 8.00. The Kier molecular flexibility index (Phi) is 5.26. The van der Waals surface area contributed by atoms with Gasteiger partial charge in [0.05, 0.1) is 18.6 Å². The third-order valence-electron chi connectivity index (χ3n) is 2.74. The van der Waals surface area contributed by atoms with Gasteiger partial charge in [-0.3, -0.25) is 19.1 Å². The fraction of sp³-hybridized carbons (Fsp3) is 0.357. The van der Waals surface area contributed by atoms with E-state index in [1.807, 2.05) is 13.8 Å². The second kappa shape index (κ2) is 7.17. The van der Waals surface area contributed by atoms with Crippen LogP contribution in [0.1, 0.15) is 19.6 Å². The molecular weight excluding hydrogens is 306 g/mol. The maximum absolute atomic E-state index is 11.9. The van der Waals surface area contributed by atoms with Gasteiger partial charge in [0.1, 0.15) is 11.6 Å². The smallest absolute Gasteiger partial charge is 0.330 e. The van der Waals surface area contributed by atoms with Crippen LogP contribution < -0.4 is 16.6 Å². The zero-order valence-electron chi connectivity index (χ0n) is 12.3. The molecule has 2 aromatic heterocycles. The number of rotatable bonds is 6. The molecule has 1 amide bonds. The van der Waals surface area contributed by atoms with E-state index < -0.39 is 11.2 Å². The predicted molar refractivity (Wildman–Crippen MR) is 85.4 cm³/mol. The van der Waals surface area contributed by atoms with E-state index in [1.165, 1.54) is 28.7 Å². The monoisotopic (exact) mass is 323 g/mol.